The Morgan fingerprint density at radius 1 is 1.43 bits per heavy atom. The molecule has 0 saturated carbocycles. The van der Waals surface area contributed by atoms with Gasteiger partial charge in [0.25, 0.3) is 5.91 Å². The quantitative estimate of drug-likeness (QED) is 0.836. The SMILES string of the molecule is O=C(NCCC(=O)N1CCOCC1)c1cc(F)cnc1Cl. The molecule has 0 atom stereocenters. The molecule has 2 heterocycles. The molecule has 114 valence electrons. The number of carbonyl (C=O) groups excluding carboxylic acids is 2. The molecule has 0 aromatic carbocycles. The summed E-state index contributed by atoms with van der Waals surface area (Å²) in [6.45, 7) is 2.34. The van der Waals surface area contributed by atoms with E-state index in [-0.39, 0.29) is 29.6 Å². The normalized spacial score (nSPS) is 14.9. The van der Waals surface area contributed by atoms with Crippen LogP contribution in [0.2, 0.25) is 5.15 Å². The number of morpholine rings is 1. The highest BCUT2D eigenvalue weighted by Gasteiger charge is 2.17. The van der Waals surface area contributed by atoms with Crippen molar-refractivity contribution in [2.24, 2.45) is 0 Å². The average molecular weight is 316 g/mol. The van der Waals surface area contributed by atoms with Gasteiger partial charge in [0, 0.05) is 26.1 Å². The van der Waals surface area contributed by atoms with Crippen molar-refractivity contribution >= 4 is 23.4 Å². The van der Waals surface area contributed by atoms with Gasteiger partial charge in [0.1, 0.15) is 11.0 Å². The first-order valence-corrected chi connectivity index (χ1v) is 6.90. The van der Waals surface area contributed by atoms with E-state index in [2.05, 4.69) is 10.3 Å². The van der Waals surface area contributed by atoms with Gasteiger partial charge in [-0.2, -0.15) is 0 Å². The zero-order valence-electron chi connectivity index (χ0n) is 11.3. The van der Waals surface area contributed by atoms with E-state index in [0.29, 0.717) is 26.3 Å². The third kappa shape index (κ3) is 4.37. The number of carbonyl (C=O) groups is 2. The minimum absolute atomic E-state index is 0.0458. The minimum atomic E-state index is -0.644. The van der Waals surface area contributed by atoms with E-state index in [1.54, 1.807) is 4.90 Å². The maximum atomic E-state index is 13.0. The summed E-state index contributed by atoms with van der Waals surface area (Å²) >= 11 is 5.73. The maximum absolute atomic E-state index is 13.0. The number of hydrogen-bond donors (Lipinski definition) is 1. The Hall–Kier alpha value is -1.73. The summed E-state index contributed by atoms with van der Waals surface area (Å²) in [5.74, 6) is -1.25. The van der Waals surface area contributed by atoms with Crippen LogP contribution < -0.4 is 5.32 Å². The van der Waals surface area contributed by atoms with Crippen molar-refractivity contribution in [3.8, 4) is 0 Å². The van der Waals surface area contributed by atoms with Crippen molar-refractivity contribution in [2.45, 2.75) is 6.42 Å². The molecule has 2 rings (SSSR count). The van der Waals surface area contributed by atoms with Crippen LogP contribution in [0.25, 0.3) is 0 Å². The number of amides is 2. The molecule has 1 aliphatic heterocycles. The molecule has 8 heteroatoms. The summed E-state index contributed by atoms with van der Waals surface area (Å²) in [5.41, 5.74) is -0.0458. The zero-order chi connectivity index (χ0) is 15.2. The van der Waals surface area contributed by atoms with Crippen LogP contribution in [0.1, 0.15) is 16.8 Å². The van der Waals surface area contributed by atoms with Crippen LogP contribution in [0, 0.1) is 5.82 Å². The van der Waals surface area contributed by atoms with E-state index < -0.39 is 11.7 Å². The van der Waals surface area contributed by atoms with Crippen molar-refractivity contribution in [3.63, 3.8) is 0 Å². The van der Waals surface area contributed by atoms with Gasteiger partial charge in [-0.15, -0.1) is 0 Å². The van der Waals surface area contributed by atoms with Gasteiger partial charge in [0.15, 0.2) is 0 Å². The predicted molar refractivity (Wildman–Crippen MR) is 73.6 cm³/mol. The fourth-order valence-corrected chi connectivity index (χ4v) is 2.12. The van der Waals surface area contributed by atoms with E-state index >= 15 is 0 Å². The van der Waals surface area contributed by atoms with Crippen LogP contribution in [0.5, 0.6) is 0 Å². The van der Waals surface area contributed by atoms with Crippen LogP contribution in [0.15, 0.2) is 12.3 Å². The lowest BCUT2D eigenvalue weighted by atomic mass is 10.2. The van der Waals surface area contributed by atoms with Crippen LogP contribution in [-0.4, -0.2) is 54.5 Å². The highest BCUT2D eigenvalue weighted by molar-refractivity contribution is 6.32. The Labute approximate surface area is 126 Å². The number of pyridine rings is 1. The van der Waals surface area contributed by atoms with Crippen molar-refractivity contribution in [1.29, 1.82) is 0 Å². The van der Waals surface area contributed by atoms with Crippen LogP contribution >= 0.6 is 11.6 Å². The number of halogens is 2. The molecule has 1 aliphatic rings. The van der Waals surface area contributed by atoms with Gasteiger partial charge >= 0.3 is 0 Å². The van der Waals surface area contributed by atoms with Gasteiger partial charge in [-0.1, -0.05) is 11.6 Å². The summed E-state index contributed by atoms with van der Waals surface area (Å²) in [6, 6.07) is 1.01. The van der Waals surface area contributed by atoms with Crippen LogP contribution in [0.3, 0.4) is 0 Å². The Morgan fingerprint density at radius 2 is 2.14 bits per heavy atom. The number of hydrogen-bond acceptors (Lipinski definition) is 4. The second kappa shape index (κ2) is 7.33. The summed E-state index contributed by atoms with van der Waals surface area (Å²) in [5, 5.41) is 2.45. The summed E-state index contributed by atoms with van der Waals surface area (Å²) < 4.78 is 18.2. The average Bonchev–Trinajstić information content (AvgIpc) is 2.50. The number of nitrogens with one attached hydrogen (secondary N) is 1. The lowest BCUT2D eigenvalue weighted by Gasteiger charge is -2.26. The third-order valence-electron chi connectivity index (χ3n) is 3.04. The first-order valence-electron chi connectivity index (χ1n) is 6.52. The number of rotatable bonds is 4. The number of ether oxygens (including phenoxy) is 1. The van der Waals surface area contributed by atoms with Gasteiger partial charge < -0.3 is 15.0 Å². The number of aromatic nitrogens is 1. The monoisotopic (exact) mass is 315 g/mol. The first kappa shape index (κ1) is 15.7. The molecular formula is C13H15ClFN3O3. The Bertz CT molecular complexity index is 535. The zero-order valence-corrected chi connectivity index (χ0v) is 12.0. The molecule has 1 aromatic heterocycles. The summed E-state index contributed by atoms with van der Waals surface area (Å²) in [6.07, 6.45) is 1.10. The Balaban J connectivity index is 1.81. The van der Waals surface area contributed by atoms with Crippen molar-refractivity contribution in [1.82, 2.24) is 15.2 Å². The standard InChI is InChI=1S/C13H15ClFN3O3/c14-12-10(7-9(15)8-17-12)13(20)16-2-1-11(19)18-3-5-21-6-4-18/h7-8H,1-6H2,(H,16,20). The Kier molecular flexibility index (Phi) is 5.46. The fourth-order valence-electron chi connectivity index (χ4n) is 1.93. The van der Waals surface area contributed by atoms with E-state index in [9.17, 15) is 14.0 Å². The molecule has 0 aliphatic carbocycles. The van der Waals surface area contributed by atoms with Gasteiger partial charge in [-0.3, -0.25) is 9.59 Å². The van der Waals surface area contributed by atoms with Gasteiger partial charge in [0.2, 0.25) is 5.91 Å². The topological polar surface area (TPSA) is 71.5 Å². The van der Waals surface area contributed by atoms with Gasteiger partial charge in [0.05, 0.1) is 25.0 Å². The smallest absolute Gasteiger partial charge is 0.254 e. The third-order valence-corrected chi connectivity index (χ3v) is 3.34. The van der Waals surface area contributed by atoms with Crippen molar-refractivity contribution < 1.29 is 18.7 Å². The van der Waals surface area contributed by atoms with E-state index in [1.807, 2.05) is 0 Å². The lowest BCUT2D eigenvalue weighted by molar-refractivity contribution is -0.135. The Morgan fingerprint density at radius 3 is 2.86 bits per heavy atom. The maximum Gasteiger partial charge on any atom is 0.254 e. The highest BCUT2D eigenvalue weighted by atomic mass is 35.5. The van der Waals surface area contributed by atoms with Crippen molar-refractivity contribution in [3.05, 3.63) is 28.8 Å². The molecule has 0 radical (unpaired) electrons. The predicted octanol–water partition coefficient (Wildman–Crippen LogP) is 0.853. The molecule has 1 N–H and O–H groups in total. The molecule has 2 amide bonds. The van der Waals surface area contributed by atoms with E-state index in [1.165, 1.54) is 0 Å². The van der Waals surface area contributed by atoms with Crippen molar-refractivity contribution in [2.75, 3.05) is 32.8 Å². The summed E-state index contributed by atoms with van der Waals surface area (Å²) in [4.78, 5) is 28.9. The summed E-state index contributed by atoms with van der Waals surface area (Å²) in [7, 11) is 0. The van der Waals surface area contributed by atoms with Gasteiger partial charge in [-0.25, -0.2) is 9.37 Å². The van der Waals surface area contributed by atoms with Crippen LogP contribution in [-0.2, 0) is 9.53 Å². The largest absolute Gasteiger partial charge is 0.378 e. The lowest BCUT2D eigenvalue weighted by Crippen LogP contribution is -2.42. The minimum Gasteiger partial charge on any atom is -0.378 e. The molecule has 1 aromatic rings. The highest BCUT2D eigenvalue weighted by Crippen LogP contribution is 2.13. The second-order valence-electron chi connectivity index (χ2n) is 4.49. The molecule has 1 saturated heterocycles. The molecular weight excluding hydrogens is 301 g/mol. The molecule has 0 spiro atoms. The first-order chi connectivity index (χ1) is 10.1. The molecule has 0 bridgehead atoms. The second-order valence-corrected chi connectivity index (χ2v) is 4.85. The fraction of sp³-hybridized carbons (Fsp3) is 0.462. The van der Waals surface area contributed by atoms with Gasteiger partial charge in [-0.05, 0) is 6.07 Å². The molecule has 1 fully saturated rings. The molecule has 21 heavy (non-hydrogen) atoms. The van der Waals surface area contributed by atoms with Crippen LogP contribution in [0.4, 0.5) is 4.39 Å². The van der Waals surface area contributed by atoms with E-state index in [0.717, 1.165) is 12.3 Å². The molecule has 0 unspecified atom stereocenters. The van der Waals surface area contributed by atoms with E-state index in [4.69, 9.17) is 16.3 Å². The molecule has 6 nitrogen and oxygen atoms in total. The number of nitrogens with zero attached hydrogens (tertiary/aromatic N) is 2.